The van der Waals surface area contributed by atoms with Crippen molar-refractivity contribution in [1.29, 1.82) is 0 Å². The summed E-state index contributed by atoms with van der Waals surface area (Å²) < 4.78 is 53.6. The highest BCUT2D eigenvalue weighted by atomic mass is 32.2. The van der Waals surface area contributed by atoms with Crippen LogP contribution in [-0.4, -0.2) is 8.42 Å². The summed E-state index contributed by atoms with van der Waals surface area (Å²) in [6.07, 6.45) is 0. The molecular formula is C13H11F2NO3S. The Morgan fingerprint density at radius 2 is 1.70 bits per heavy atom. The molecule has 0 atom stereocenters. The zero-order valence-corrected chi connectivity index (χ0v) is 11.0. The van der Waals surface area contributed by atoms with E-state index in [1.54, 1.807) is 0 Å². The second kappa shape index (κ2) is 5.56. The summed E-state index contributed by atoms with van der Waals surface area (Å²) in [6, 6.07) is 8.66. The molecule has 0 aliphatic heterocycles. The second-order valence-corrected chi connectivity index (χ2v) is 5.61. The van der Waals surface area contributed by atoms with E-state index in [-0.39, 0.29) is 23.1 Å². The minimum absolute atomic E-state index is 0.0337. The molecule has 0 heterocycles. The smallest absolute Gasteiger partial charge is 0.238 e. The first-order valence-electron chi connectivity index (χ1n) is 5.56. The quantitative estimate of drug-likeness (QED) is 0.941. The Hall–Kier alpha value is -1.99. The first kappa shape index (κ1) is 14.4. The van der Waals surface area contributed by atoms with Gasteiger partial charge < -0.3 is 4.74 Å². The third-order valence-electron chi connectivity index (χ3n) is 2.54. The van der Waals surface area contributed by atoms with Crippen LogP contribution in [0, 0.1) is 11.6 Å². The van der Waals surface area contributed by atoms with E-state index < -0.39 is 15.8 Å². The van der Waals surface area contributed by atoms with Crippen LogP contribution in [0.2, 0.25) is 0 Å². The van der Waals surface area contributed by atoms with E-state index >= 15 is 0 Å². The first-order valence-corrected chi connectivity index (χ1v) is 7.10. The lowest BCUT2D eigenvalue weighted by molar-refractivity contribution is 0.289. The maximum Gasteiger partial charge on any atom is 0.238 e. The Labute approximate surface area is 114 Å². The van der Waals surface area contributed by atoms with Crippen molar-refractivity contribution >= 4 is 10.0 Å². The van der Waals surface area contributed by atoms with Gasteiger partial charge in [-0.05, 0) is 35.9 Å². The molecule has 0 bridgehead atoms. The molecule has 0 saturated carbocycles. The molecule has 20 heavy (non-hydrogen) atoms. The molecule has 0 aliphatic carbocycles. The van der Waals surface area contributed by atoms with Gasteiger partial charge in [-0.25, -0.2) is 22.3 Å². The highest BCUT2D eigenvalue weighted by Gasteiger charge is 2.12. The van der Waals surface area contributed by atoms with E-state index in [0.717, 1.165) is 12.1 Å². The van der Waals surface area contributed by atoms with Gasteiger partial charge >= 0.3 is 0 Å². The fourth-order valence-corrected chi connectivity index (χ4v) is 2.04. The van der Waals surface area contributed by atoms with E-state index in [1.807, 2.05) is 0 Å². The van der Waals surface area contributed by atoms with Gasteiger partial charge in [0.2, 0.25) is 10.0 Å². The SMILES string of the molecule is NS(=O)(=O)c1ccc(OCc2ccc(F)cc2)c(F)c1. The number of rotatable bonds is 4. The molecule has 0 unspecified atom stereocenters. The van der Waals surface area contributed by atoms with Crippen LogP contribution in [0.1, 0.15) is 5.56 Å². The highest BCUT2D eigenvalue weighted by Crippen LogP contribution is 2.21. The van der Waals surface area contributed by atoms with Crippen LogP contribution in [0.5, 0.6) is 5.75 Å². The Morgan fingerprint density at radius 1 is 1.05 bits per heavy atom. The predicted octanol–water partition coefficient (Wildman–Crippen LogP) is 2.19. The fourth-order valence-electron chi connectivity index (χ4n) is 1.52. The molecule has 0 saturated heterocycles. The van der Waals surface area contributed by atoms with E-state index in [0.29, 0.717) is 5.56 Å². The number of halogens is 2. The molecule has 0 spiro atoms. The lowest BCUT2D eigenvalue weighted by Gasteiger charge is -2.08. The van der Waals surface area contributed by atoms with Gasteiger partial charge in [-0.1, -0.05) is 12.1 Å². The standard InChI is InChI=1S/C13H11F2NO3S/c14-10-3-1-9(2-4-10)8-19-13-6-5-11(7-12(13)15)20(16,17)18/h1-7H,8H2,(H2,16,17,18). The topological polar surface area (TPSA) is 69.4 Å². The van der Waals surface area contributed by atoms with Crippen molar-refractivity contribution in [2.45, 2.75) is 11.5 Å². The largest absolute Gasteiger partial charge is 0.486 e. The summed E-state index contributed by atoms with van der Waals surface area (Å²) in [7, 11) is -3.95. The average molecular weight is 299 g/mol. The highest BCUT2D eigenvalue weighted by molar-refractivity contribution is 7.89. The van der Waals surface area contributed by atoms with Gasteiger partial charge in [-0.3, -0.25) is 0 Å². The second-order valence-electron chi connectivity index (χ2n) is 4.05. The van der Waals surface area contributed by atoms with Crippen molar-refractivity contribution in [3.8, 4) is 5.75 Å². The maximum atomic E-state index is 13.6. The number of nitrogens with two attached hydrogens (primary N) is 1. The Balaban J connectivity index is 2.12. The number of sulfonamides is 1. The van der Waals surface area contributed by atoms with E-state index in [4.69, 9.17) is 9.88 Å². The minimum Gasteiger partial charge on any atom is -0.486 e. The summed E-state index contributed by atoms with van der Waals surface area (Å²) in [5, 5.41) is 4.88. The van der Waals surface area contributed by atoms with Crippen molar-refractivity contribution in [2.75, 3.05) is 0 Å². The van der Waals surface area contributed by atoms with Gasteiger partial charge in [0.1, 0.15) is 12.4 Å². The molecule has 0 aliphatic rings. The molecule has 0 radical (unpaired) electrons. The van der Waals surface area contributed by atoms with Crippen LogP contribution in [0.3, 0.4) is 0 Å². The first-order chi connectivity index (χ1) is 9.36. The summed E-state index contributed by atoms with van der Waals surface area (Å²) in [5.74, 6) is -1.32. The molecule has 7 heteroatoms. The van der Waals surface area contributed by atoms with Crippen molar-refractivity contribution in [2.24, 2.45) is 5.14 Å². The van der Waals surface area contributed by atoms with E-state index in [9.17, 15) is 17.2 Å². The van der Waals surface area contributed by atoms with Crippen LogP contribution in [0.15, 0.2) is 47.4 Å². The van der Waals surface area contributed by atoms with Crippen LogP contribution in [0.4, 0.5) is 8.78 Å². The molecule has 0 fully saturated rings. The molecule has 2 aromatic carbocycles. The summed E-state index contributed by atoms with van der Waals surface area (Å²) >= 11 is 0. The van der Waals surface area contributed by atoms with Gasteiger partial charge in [0.25, 0.3) is 0 Å². The van der Waals surface area contributed by atoms with Gasteiger partial charge in [0.05, 0.1) is 4.90 Å². The molecule has 2 aromatic rings. The molecule has 2 N–H and O–H groups in total. The van der Waals surface area contributed by atoms with Crippen molar-refractivity contribution < 1.29 is 21.9 Å². The maximum absolute atomic E-state index is 13.6. The Bertz CT molecular complexity index is 715. The third kappa shape index (κ3) is 3.52. The number of hydrogen-bond donors (Lipinski definition) is 1. The number of benzene rings is 2. The zero-order valence-electron chi connectivity index (χ0n) is 10.2. The number of hydrogen-bond acceptors (Lipinski definition) is 3. The van der Waals surface area contributed by atoms with Gasteiger partial charge in [-0.2, -0.15) is 0 Å². The molecule has 4 nitrogen and oxygen atoms in total. The van der Waals surface area contributed by atoms with Crippen LogP contribution in [-0.2, 0) is 16.6 Å². The Kier molecular flexibility index (Phi) is 4.01. The van der Waals surface area contributed by atoms with Gasteiger partial charge in [-0.15, -0.1) is 0 Å². The molecule has 2 rings (SSSR count). The molecule has 0 aromatic heterocycles. The fraction of sp³-hybridized carbons (Fsp3) is 0.0769. The lowest BCUT2D eigenvalue weighted by atomic mass is 10.2. The molecule has 106 valence electrons. The van der Waals surface area contributed by atoms with Crippen LogP contribution < -0.4 is 9.88 Å². The minimum atomic E-state index is -3.95. The summed E-state index contributed by atoms with van der Waals surface area (Å²) in [4.78, 5) is -0.330. The van der Waals surface area contributed by atoms with Gasteiger partial charge in [0.15, 0.2) is 11.6 Å². The normalized spacial score (nSPS) is 11.3. The molecular weight excluding hydrogens is 288 g/mol. The van der Waals surface area contributed by atoms with E-state index in [2.05, 4.69) is 0 Å². The number of ether oxygens (including phenoxy) is 1. The van der Waals surface area contributed by atoms with Crippen molar-refractivity contribution in [3.05, 3.63) is 59.7 Å². The third-order valence-corrected chi connectivity index (χ3v) is 3.45. The van der Waals surface area contributed by atoms with E-state index in [1.165, 1.54) is 30.3 Å². The predicted molar refractivity (Wildman–Crippen MR) is 68.5 cm³/mol. The van der Waals surface area contributed by atoms with Crippen LogP contribution in [0.25, 0.3) is 0 Å². The zero-order chi connectivity index (χ0) is 14.8. The summed E-state index contributed by atoms with van der Waals surface area (Å²) in [5.41, 5.74) is 0.654. The molecule has 0 amide bonds. The van der Waals surface area contributed by atoms with Gasteiger partial charge in [0, 0.05) is 0 Å². The number of primary sulfonamides is 1. The Morgan fingerprint density at radius 3 is 2.25 bits per heavy atom. The average Bonchev–Trinajstić information content (AvgIpc) is 2.38. The monoisotopic (exact) mass is 299 g/mol. The van der Waals surface area contributed by atoms with Crippen molar-refractivity contribution in [1.82, 2.24) is 0 Å². The summed E-state index contributed by atoms with van der Waals surface area (Å²) in [6.45, 7) is 0.0337. The van der Waals surface area contributed by atoms with Crippen LogP contribution >= 0.6 is 0 Å². The lowest BCUT2D eigenvalue weighted by Crippen LogP contribution is -2.12. The van der Waals surface area contributed by atoms with Crippen molar-refractivity contribution in [3.63, 3.8) is 0 Å².